The summed E-state index contributed by atoms with van der Waals surface area (Å²) in [6.07, 6.45) is 2.85. The standard InChI is InChI=1S/C23H25F2N3O/c1-29-17-3-5-21-19(13-17)18-6-9-26-23(22(18)27-21)7-10-28(11-8-23)14-15-12-16(24)2-4-20(15)25/h2-5,12-13,26-27H,6-11,14H2,1H3. The number of methoxy groups -OCH3 is 1. The molecule has 0 atom stereocenters. The summed E-state index contributed by atoms with van der Waals surface area (Å²) in [6, 6.07) is 9.88. The van der Waals surface area contributed by atoms with Gasteiger partial charge in [0, 0.05) is 48.3 Å². The van der Waals surface area contributed by atoms with E-state index in [0.29, 0.717) is 12.1 Å². The largest absolute Gasteiger partial charge is 0.497 e. The summed E-state index contributed by atoms with van der Waals surface area (Å²) in [4.78, 5) is 5.88. The number of aromatic nitrogens is 1. The Morgan fingerprint density at radius 1 is 1.10 bits per heavy atom. The number of nitrogens with zero attached hydrogens (tertiary/aromatic N) is 1. The van der Waals surface area contributed by atoms with Crippen LogP contribution in [0.1, 0.15) is 29.7 Å². The van der Waals surface area contributed by atoms with Crippen LogP contribution in [0, 0.1) is 11.6 Å². The number of fused-ring (bicyclic) bond motifs is 4. The normalized spacial score (nSPS) is 18.9. The second kappa shape index (κ2) is 7.11. The molecule has 5 rings (SSSR count). The van der Waals surface area contributed by atoms with Crippen molar-refractivity contribution in [1.29, 1.82) is 0 Å². The van der Waals surface area contributed by atoms with Gasteiger partial charge in [0.05, 0.1) is 12.6 Å². The predicted molar refractivity (Wildman–Crippen MR) is 109 cm³/mol. The average Bonchev–Trinajstić information content (AvgIpc) is 3.12. The number of rotatable bonds is 3. The maximum Gasteiger partial charge on any atom is 0.127 e. The summed E-state index contributed by atoms with van der Waals surface area (Å²) in [5, 5.41) is 5.00. The third kappa shape index (κ3) is 3.20. The smallest absolute Gasteiger partial charge is 0.127 e. The summed E-state index contributed by atoms with van der Waals surface area (Å²) < 4.78 is 32.9. The van der Waals surface area contributed by atoms with Crippen molar-refractivity contribution in [3.05, 3.63) is 64.9 Å². The molecule has 152 valence electrons. The molecule has 3 heterocycles. The molecular weight excluding hydrogens is 372 g/mol. The number of benzene rings is 2. The first kappa shape index (κ1) is 18.6. The van der Waals surface area contributed by atoms with Crippen LogP contribution in [-0.2, 0) is 18.5 Å². The Bertz CT molecular complexity index is 1050. The van der Waals surface area contributed by atoms with E-state index in [-0.39, 0.29) is 17.2 Å². The highest BCUT2D eigenvalue weighted by Crippen LogP contribution is 2.41. The first-order chi connectivity index (χ1) is 14.1. The van der Waals surface area contributed by atoms with E-state index in [2.05, 4.69) is 27.3 Å². The van der Waals surface area contributed by atoms with Crippen molar-refractivity contribution in [1.82, 2.24) is 15.2 Å². The molecule has 2 N–H and O–H groups in total. The van der Waals surface area contributed by atoms with Crippen LogP contribution < -0.4 is 10.1 Å². The quantitative estimate of drug-likeness (QED) is 0.699. The van der Waals surface area contributed by atoms with Gasteiger partial charge in [0.15, 0.2) is 0 Å². The molecule has 0 unspecified atom stereocenters. The van der Waals surface area contributed by atoms with Crippen molar-refractivity contribution in [3.63, 3.8) is 0 Å². The van der Waals surface area contributed by atoms with Gasteiger partial charge < -0.3 is 15.0 Å². The fourth-order valence-corrected chi connectivity index (χ4v) is 4.96. The van der Waals surface area contributed by atoms with Gasteiger partial charge in [-0.3, -0.25) is 4.90 Å². The van der Waals surface area contributed by atoms with Crippen LogP contribution in [0.4, 0.5) is 8.78 Å². The molecule has 29 heavy (non-hydrogen) atoms. The topological polar surface area (TPSA) is 40.3 Å². The molecule has 0 saturated carbocycles. The van der Waals surface area contributed by atoms with Gasteiger partial charge in [0.2, 0.25) is 0 Å². The van der Waals surface area contributed by atoms with Gasteiger partial charge in [-0.25, -0.2) is 8.78 Å². The summed E-state index contributed by atoms with van der Waals surface area (Å²) >= 11 is 0. The Morgan fingerprint density at radius 3 is 2.72 bits per heavy atom. The van der Waals surface area contributed by atoms with E-state index in [0.717, 1.165) is 50.2 Å². The Labute approximate surface area is 168 Å². The Morgan fingerprint density at radius 2 is 1.93 bits per heavy atom. The zero-order valence-electron chi connectivity index (χ0n) is 16.5. The number of ether oxygens (including phenoxy) is 1. The van der Waals surface area contributed by atoms with Gasteiger partial charge in [-0.1, -0.05) is 0 Å². The molecule has 1 fully saturated rings. The SMILES string of the molecule is COc1ccc2[nH]c3c(c2c1)CCNC31CCN(Cc2cc(F)ccc2F)CC1. The van der Waals surface area contributed by atoms with Crippen molar-refractivity contribution >= 4 is 10.9 Å². The number of likely N-dealkylation sites (tertiary alicyclic amines) is 1. The molecule has 0 aliphatic carbocycles. The van der Waals surface area contributed by atoms with Gasteiger partial charge in [-0.15, -0.1) is 0 Å². The monoisotopic (exact) mass is 397 g/mol. The summed E-state index contributed by atoms with van der Waals surface area (Å²) in [5.74, 6) is 0.148. The molecule has 1 saturated heterocycles. The van der Waals surface area contributed by atoms with Gasteiger partial charge in [0.1, 0.15) is 17.4 Å². The highest BCUT2D eigenvalue weighted by atomic mass is 19.1. The van der Waals surface area contributed by atoms with Crippen LogP contribution in [0.2, 0.25) is 0 Å². The van der Waals surface area contributed by atoms with Crippen molar-refractivity contribution in [3.8, 4) is 5.75 Å². The van der Waals surface area contributed by atoms with Crippen LogP contribution in [0.25, 0.3) is 10.9 Å². The van der Waals surface area contributed by atoms with E-state index in [1.807, 2.05) is 6.07 Å². The highest BCUT2D eigenvalue weighted by molar-refractivity contribution is 5.86. The molecular formula is C23H25F2N3O. The van der Waals surface area contributed by atoms with Crippen molar-refractivity contribution < 1.29 is 13.5 Å². The van der Waals surface area contributed by atoms with Gasteiger partial charge in [-0.2, -0.15) is 0 Å². The first-order valence-corrected chi connectivity index (χ1v) is 10.2. The number of hydrogen-bond acceptors (Lipinski definition) is 3. The summed E-state index contributed by atoms with van der Waals surface area (Å²) in [7, 11) is 1.69. The molecule has 2 aliphatic heterocycles. The second-order valence-electron chi connectivity index (χ2n) is 8.16. The number of nitrogens with one attached hydrogen (secondary N) is 2. The lowest BCUT2D eigenvalue weighted by molar-refractivity contribution is 0.120. The van der Waals surface area contributed by atoms with Crippen LogP contribution >= 0.6 is 0 Å². The Kier molecular flexibility index (Phi) is 4.56. The zero-order chi connectivity index (χ0) is 20.0. The molecule has 0 bridgehead atoms. The molecule has 1 spiro atoms. The minimum atomic E-state index is -0.387. The minimum Gasteiger partial charge on any atom is -0.497 e. The lowest BCUT2D eigenvalue weighted by Crippen LogP contribution is -2.54. The van der Waals surface area contributed by atoms with Crippen molar-refractivity contribution in [2.45, 2.75) is 31.3 Å². The van der Waals surface area contributed by atoms with Crippen LogP contribution in [-0.4, -0.2) is 36.6 Å². The summed E-state index contributed by atoms with van der Waals surface area (Å²) in [6.45, 7) is 3.05. The molecule has 3 aromatic rings. The van der Waals surface area contributed by atoms with Crippen molar-refractivity contribution in [2.24, 2.45) is 0 Å². The molecule has 4 nitrogen and oxygen atoms in total. The zero-order valence-corrected chi connectivity index (χ0v) is 16.5. The van der Waals surface area contributed by atoms with Crippen LogP contribution in [0.3, 0.4) is 0 Å². The molecule has 0 amide bonds. The summed E-state index contributed by atoms with van der Waals surface area (Å²) in [5.41, 5.74) is 4.14. The van der Waals surface area contributed by atoms with Gasteiger partial charge in [0.25, 0.3) is 0 Å². The van der Waals surface area contributed by atoms with E-state index in [4.69, 9.17) is 4.74 Å². The fraction of sp³-hybridized carbons (Fsp3) is 0.391. The van der Waals surface area contributed by atoms with E-state index in [9.17, 15) is 8.78 Å². The van der Waals surface area contributed by atoms with E-state index < -0.39 is 0 Å². The lowest BCUT2D eigenvalue weighted by Gasteiger charge is -2.45. The number of halogens is 2. The lowest BCUT2D eigenvalue weighted by atomic mass is 9.79. The molecule has 2 aromatic carbocycles. The van der Waals surface area contributed by atoms with Gasteiger partial charge in [-0.05, 0) is 61.2 Å². The van der Waals surface area contributed by atoms with E-state index >= 15 is 0 Å². The first-order valence-electron chi connectivity index (χ1n) is 10.2. The molecule has 0 radical (unpaired) electrons. The number of aromatic amines is 1. The van der Waals surface area contributed by atoms with Crippen LogP contribution in [0.5, 0.6) is 5.75 Å². The Balaban J connectivity index is 1.39. The maximum atomic E-state index is 14.0. The minimum absolute atomic E-state index is 0.0865. The van der Waals surface area contributed by atoms with Crippen molar-refractivity contribution in [2.75, 3.05) is 26.7 Å². The number of H-pyrrole nitrogens is 1. The third-order valence-electron chi connectivity index (χ3n) is 6.54. The van der Waals surface area contributed by atoms with E-state index in [1.165, 1.54) is 34.8 Å². The molecule has 1 aromatic heterocycles. The Hall–Kier alpha value is -2.44. The maximum absolute atomic E-state index is 14.0. The second-order valence-corrected chi connectivity index (χ2v) is 8.16. The predicted octanol–water partition coefficient (Wildman–Crippen LogP) is 4.09. The average molecular weight is 397 g/mol. The van der Waals surface area contributed by atoms with Gasteiger partial charge >= 0.3 is 0 Å². The molecule has 6 heteroatoms. The molecule has 2 aliphatic rings. The number of hydrogen-bond donors (Lipinski definition) is 2. The number of piperidine rings is 1. The third-order valence-corrected chi connectivity index (χ3v) is 6.54. The fourth-order valence-electron chi connectivity index (χ4n) is 4.96. The van der Waals surface area contributed by atoms with E-state index in [1.54, 1.807) is 7.11 Å². The van der Waals surface area contributed by atoms with Crippen LogP contribution in [0.15, 0.2) is 36.4 Å². The highest BCUT2D eigenvalue weighted by Gasteiger charge is 2.41.